The Labute approximate surface area is 166 Å². The van der Waals surface area contributed by atoms with Crippen LogP contribution in [0.3, 0.4) is 0 Å². The molecule has 0 bridgehead atoms. The number of carbonyl (C=O) groups is 2. The largest absolute Gasteiger partial charge is 0.368 e. The van der Waals surface area contributed by atoms with E-state index in [0.29, 0.717) is 17.5 Å². The van der Waals surface area contributed by atoms with Gasteiger partial charge in [0.1, 0.15) is 6.04 Å². The molecule has 0 radical (unpaired) electrons. The fourth-order valence-electron chi connectivity index (χ4n) is 2.75. The number of carbonyl (C=O) groups excluding carboxylic acids is 2. The first kappa shape index (κ1) is 21.6. The molecule has 2 aromatic rings. The van der Waals surface area contributed by atoms with E-state index in [9.17, 15) is 18.0 Å². The Morgan fingerprint density at radius 1 is 1.04 bits per heavy atom. The van der Waals surface area contributed by atoms with E-state index < -0.39 is 27.7 Å². The van der Waals surface area contributed by atoms with Crippen LogP contribution in [0.5, 0.6) is 0 Å². The Hall–Kier alpha value is -2.67. The maximum Gasteiger partial charge on any atom is 0.251 e. The lowest BCUT2D eigenvalue weighted by Crippen LogP contribution is -2.48. The van der Waals surface area contributed by atoms with E-state index in [4.69, 9.17) is 5.73 Å². The Morgan fingerprint density at radius 2 is 1.61 bits per heavy atom. The molecule has 0 aliphatic rings. The lowest BCUT2D eigenvalue weighted by Gasteiger charge is -2.21. The predicted molar refractivity (Wildman–Crippen MR) is 108 cm³/mol. The average Bonchev–Trinajstić information content (AvgIpc) is 2.65. The zero-order valence-electron chi connectivity index (χ0n) is 16.3. The highest BCUT2D eigenvalue weighted by Crippen LogP contribution is 2.18. The molecule has 7 heteroatoms. The quantitative estimate of drug-likeness (QED) is 0.708. The smallest absolute Gasteiger partial charge is 0.251 e. The minimum absolute atomic E-state index is 0.0830. The molecule has 0 saturated heterocycles. The molecule has 150 valence electrons. The van der Waals surface area contributed by atoms with Crippen LogP contribution in [0.15, 0.2) is 53.4 Å². The second kappa shape index (κ2) is 9.01. The van der Waals surface area contributed by atoms with Crippen LogP contribution in [0.1, 0.15) is 41.8 Å². The van der Waals surface area contributed by atoms with E-state index in [0.717, 1.165) is 5.56 Å². The van der Waals surface area contributed by atoms with Crippen molar-refractivity contribution in [2.24, 2.45) is 11.7 Å². The lowest BCUT2D eigenvalue weighted by atomic mass is 9.98. The number of amides is 2. The van der Waals surface area contributed by atoms with Gasteiger partial charge in [-0.2, -0.15) is 0 Å². The van der Waals surface area contributed by atoms with Gasteiger partial charge in [-0.25, -0.2) is 8.42 Å². The zero-order chi connectivity index (χ0) is 20.9. The minimum atomic E-state index is -3.47. The Kier molecular flexibility index (Phi) is 6.96. The van der Waals surface area contributed by atoms with Crippen molar-refractivity contribution in [1.29, 1.82) is 0 Å². The van der Waals surface area contributed by atoms with Gasteiger partial charge in [-0.15, -0.1) is 0 Å². The van der Waals surface area contributed by atoms with Gasteiger partial charge in [0.15, 0.2) is 9.84 Å². The van der Waals surface area contributed by atoms with E-state index in [-0.39, 0.29) is 16.6 Å². The third-order valence-corrected chi connectivity index (χ3v) is 6.46. The van der Waals surface area contributed by atoms with Crippen LogP contribution < -0.4 is 11.1 Å². The summed E-state index contributed by atoms with van der Waals surface area (Å²) in [5.74, 6) is -1.24. The van der Waals surface area contributed by atoms with Crippen LogP contribution in [0.2, 0.25) is 0 Å². The molecular weight excluding hydrogens is 376 g/mol. The number of benzene rings is 2. The van der Waals surface area contributed by atoms with Gasteiger partial charge >= 0.3 is 0 Å². The van der Waals surface area contributed by atoms with E-state index in [2.05, 4.69) is 5.32 Å². The highest BCUT2D eigenvalue weighted by molar-refractivity contribution is 7.90. The second-order valence-electron chi connectivity index (χ2n) is 7.01. The Morgan fingerprint density at radius 3 is 2.11 bits per heavy atom. The number of nitrogens with two attached hydrogens (primary N) is 1. The number of sulfone groups is 1. The fraction of sp³-hybridized carbons (Fsp3) is 0.333. The Balaban J connectivity index is 2.11. The molecule has 2 rings (SSSR count). The van der Waals surface area contributed by atoms with Crippen LogP contribution in [0.4, 0.5) is 0 Å². The normalized spacial score (nSPS) is 13.5. The van der Waals surface area contributed by atoms with Crippen LogP contribution in [0, 0.1) is 12.8 Å². The first-order chi connectivity index (χ1) is 13.1. The monoisotopic (exact) mass is 402 g/mol. The number of hydrogen-bond donors (Lipinski definition) is 2. The predicted octanol–water partition coefficient (Wildman–Crippen LogP) is 2.60. The van der Waals surface area contributed by atoms with Crippen molar-refractivity contribution < 1.29 is 18.0 Å². The number of rotatable bonds is 8. The summed E-state index contributed by atoms with van der Waals surface area (Å²) in [5, 5.41) is 2.65. The number of aryl methyl sites for hydroxylation is 1. The topological polar surface area (TPSA) is 106 Å². The van der Waals surface area contributed by atoms with E-state index in [1.165, 1.54) is 0 Å². The van der Waals surface area contributed by atoms with Crippen molar-refractivity contribution in [3.05, 3.63) is 65.2 Å². The molecule has 0 heterocycles. The van der Waals surface area contributed by atoms with Crippen LogP contribution in [0.25, 0.3) is 0 Å². The average molecular weight is 403 g/mol. The third kappa shape index (κ3) is 5.42. The summed E-state index contributed by atoms with van der Waals surface area (Å²) in [6.07, 6.45) is 0.698. The molecule has 2 atom stereocenters. The molecule has 28 heavy (non-hydrogen) atoms. The van der Waals surface area contributed by atoms with Crippen LogP contribution in [-0.4, -0.2) is 26.3 Å². The molecule has 0 aromatic heterocycles. The van der Waals surface area contributed by atoms with Gasteiger partial charge in [-0.1, -0.05) is 50.1 Å². The van der Waals surface area contributed by atoms with E-state index in [1.54, 1.807) is 48.5 Å². The van der Waals surface area contributed by atoms with Gasteiger partial charge in [-0.3, -0.25) is 9.59 Å². The molecule has 2 unspecified atom stereocenters. The molecule has 0 aliphatic carbocycles. The highest BCUT2D eigenvalue weighted by Gasteiger charge is 2.24. The van der Waals surface area contributed by atoms with Crippen molar-refractivity contribution in [3.8, 4) is 0 Å². The second-order valence-corrected chi connectivity index (χ2v) is 9.00. The zero-order valence-corrected chi connectivity index (χ0v) is 17.1. The summed E-state index contributed by atoms with van der Waals surface area (Å²) in [4.78, 5) is 24.2. The van der Waals surface area contributed by atoms with Crippen molar-refractivity contribution in [2.75, 3.05) is 0 Å². The summed E-state index contributed by atoms with van der Waals surface area (Å²) in [6, 6.07) is 12.2. The van der Waals surface area contributed by atoms with Gasteiger partial charge in [0, 0.05) is 5.56 Å². The number of nitrogens with one attached hydrogen (secondary N) is 1. The highest BCUT2D eigenvalue weighted by atomic mass is 32.2. The molecule has 0 fully saturated rings. The fourth-order valence-corrected chi connectivity index (χ4v) is 4.10. The van der Waals surface area contributed by atoms with Crippen molar-refractivity contribution in [2.45, 2.75) is 43.9 Å². The lowest BCUT2D eigenvalue weighted by molar-refractivity contribution is -0.120. The summed E-state index contributed by atoms with van der Waals surface area (Å²) in [6.45, 7) is 5.65. The maximum atomic E-state index is 12.5. The molecule has 3 N–H and O–H groups in total. The summed E-state index contributed by atoms with van der Waals surface area (Å²) < 4.78 is 25.1. The van der Waals surface area contributed by atoms with Crippen molar-refractivity contribution in [3.63, 3.8) is 0 Å². The molecule has 2 amide bonds. The van der Waals surface area contributed by atoms with Gasteiger partial charge < -0.3 is 11.1 Å². The first-order valence-corrected chi connectivity index (χ1v) is 10.8. The minimum Gasteiger partial charge on any atom is -0.368 e. The standard InChI is InChI=1S/C21H26N2O4S/c1-4-15(3)19(20(22)24)23-21(25)17-9-7-16(8-10-17)13-28(26,27)18-11-5-14(2)6-12-18/h5-12,15,19H,4,13H2,1-3H3,(H2,22,24)(H,23,25). The Bertz CT molecular complexity index is 935. The van der Waals surface area contributed by atoms with E-state index >= 15 is 0 Å². The van der Waals surface area contributed by atoms with Gasteiger partial charge in [-0.05, 0) is 42.7 Å². The molecular formula is C21H26N2O4S. The SMILES string of the molecule is CCC(C)C(NC(=O)c1ccc(CS(=O)(=O)c2ccc(C)cc2)cc1)C(N)=O. The third-order valence-electron chi connectivity index (χ3n) is 4.76. The maximum absolute atomic E-state index is 12.5. The number of primary amides is 1. The van der Waals surface area contributed by atoms with Crippen LogP contribution in [-0.2, 0) is 20.4 Å². The van der Waals surface area contributed by atoms with Gasteiger partial charge in [0.2, 0.25) is 5.91 Å². The van der Waals surface area contributed by atoms with E-state index in [1.807, 2.05) is 20.8 Å². The summed E-state index contributed by atoms with van der Waals surface area (Å²) in [5.41, 5.74) is 7.28. The number of hydrogen-bond acceptors (Lipinski definition) is 4. The molecule has 0 aliphatic heterocycles. The van der Waals surface area contributed by atoms with Gasteiger partial charge in [0.05, 0.1) is 10.6 Å². The molecule has 2 aromatic carbocycles. The van der Waals surface area contributed by atoms with Crippen molar-refractivity contribution in [1.82, 2.24) is 5.32 Å². The van der Waals surface area contributed by atoms with Gasteiger partial charge in [0.25, 0.3) is 5.91 Å². The summed E-state index contributed by atoms with van der Waals surface area (Å²) >= 11 is 0. The molecule has 0 saturated carbocycles. The molecule has 0 spiro atoms. The van der Waals surface area contributed by atoms with Crippen molar-refractivity contribution >= 4 is 21.7 Å². The van der Waals surface area contributed by atoms with Crippen LogP contribution >= 0.6 is 0 Å². The first-order valence-electron chi connectivity index (χ1n) is 9.12. The summed E-state index contributed by atoms with van der Waals surface area (Å²) in [7, 11) is -3.47. The molecule has 6 nitrogen and oxygen atoms in total.